The second-order valence-corrected chi connectivity index (χ2v) is 7.34. The first-order valence-corrected chi connectivity index (χ1v) is 9.51. The molecule has 2 aliphatic heterocycles. The molecule has 9 heteroatoms. The van der Waals surface area contributed by atoms with Crippen LogP contribution in [0.15, 0.2) is 48.9 Å². The lowest BCUT2D eigenvalue weighted by atomic mass is 10.0. The number of benzene rings is 1. The largest absolute Gasteiger partial charge is 0.322 e. The van der Waals surface area contributed by atoms with Gasteiger partial charge in [-0.1, -0.05) is 6.07 Å². The van der Waals surface area contributed by atoms with Gasteiger partial charge < -0.3 is 14.6 Å². The molecule has 3 aromatic rings. The van der Waals surface area contributed by atoms with Crippen molar-refractivity contribution in [2.75, 3.05) is 5.32 Å². The van der Waals surface area contributed by atoms with Crippen LogP contribution in [-0.2, 0) is 16.1 Å². The van der Waals surface area contributed by atoms with Gasteiger partial charge in [-0.15, -0.1) is 0 Å². The summed E-state index contributed by atoms with van der Waals surface area (Å²) in [6.07, 6.45) is 5.60. The average Bonchev–Trinajstić information content (AvgIpc) is 3.32. The van der Waals surface area contributed by atoms with E-state index in [9.17, 15) is 19.2 Å². The van der Waals surface area contributed by atoms with Crippen molar-refractivity contribution in [1.82, 2.24) is 19.6 Å². The Bertz CT molecular complexity index is 1230. The van der Waals surface area contributed by atoms with Crippen LogP contribution in [0.25, 0.3) is 5.65 Å². The summed E-state index contributed by atoms with van der Waals surface area (Å²) in [5.74, 6) is -1.36. The van der Waals surface area contributed by atoms with E-state index in [1.807, 2.05) is 0 Å². The molecule has 30 heavy (non-hydrogen) atoms. The van der Waals surface area contributed by atoms with Crippen LogP contribution in [0.3, 0.4) is 0 Å². The van der Waals surface area contributed by atoms with Crippen molar-refractivity contribution < 1.29 is 19.2 Å². The molecule has 1 unspecified atom stereocenters. The molecule has 2 aromatic heterocycles. The number of nitrogens with zero attached hydrogens (tertiary/aromatic N) is 3. The van der Waals surface area contributed by atoms with Gasteiger partial charge in [0.1, 0.15) is 11.7 Å². The maximum absolute atomic E-state index is 12.9. The van der Waals surface area contributed by atoms with Crippen LogP contribution in [0.1, 0.15) is 39.1 Å². The zero-order chi connectivity index (χ0) is 20.8. The summed E-state index contributed by atoms with van der Waals surface area (Å²) in [5.41, 5.74) is 2.91. The highest BCUT2D eigenvalue weighted by molar-refractivity contribution is 6.07. The Labute approximate surface area is 170 Å². The van der Waals surface area contributed by atoms with E-state index in [1.165, 1.54) is 4.90 Å². The van der Waals surface area contributed by atoms with Gasteiger partial charge >= 0.3 is 0 Å². The van der Waals surface area contributed by atoms with Gasteiger partial charge in [0.05, 0.1) is 5.56 Å². The number of rotatable bonds is 3. The zero-order valence-corrected chi connectivity index (χ0v) is 15.8. The minimum absolute atomic E-state index is 0.207. The van der Waals surface area contributed by atoms with E-state index in [0.29, 0.717) is 29.8 Å². The predicted octanol–water partition coefficient (Wildman–Crippen LogP) is 1.35. The third-order valence-corrected chi connectivity index (χ3v) is 5.44. The second kappa shape index (κ2) is 6.80. The molecule has 1 aromatic carbocycles. The number of aromatic nitrogens is 2. The van der Waals surface area contributed by atoms with Gasteiger partial charge in [-0.3, -0.25) is 24.5 Å². The van der Waals surface area contributed by atoms with Crippen molar-refractivity contribution in [2.45, 2.75) is 25.4 Å². The Balaban J connectivity index is 1.35. The van der Waals surface area contributed by atoms with Crippen molar-refractivity contribution in [3.05, 3.63) is 65.6 Å². The first kappa shape index (κ1) is 18.0. The zero-order valence-electron chi connectivity index (χ0n) is 15.8. The molecule has 1 saturated heterocycles. The fraction of sp³-hybridized carbons (Fsp3) is 0.190. The lowest BCUT2D eigenvalue weighted by molar-refractivity contribution is -0.136. The van der Waals surface area contributed by atoms with Crippen LogP contribution in [0.5, 0.6) is 0 Å². The van der Waals surface area contributed by atoms with Gasteiger partial charge in [-0.05, 0) is 36.2 Å². The Morgan fingerprint density at radius 3 is 2.87 bits per heavy atom. The standard InChI is InChI=1S/C21H17N5O4/c27-18-6-4-16(20(29)24-18)26-11-12-1-3-14(9-15(12)21(26)30)23-19(28)13-2-5-17-22-7-8-25(17)10-13/h1-3,5,7-10,16H,4,6,11H2,(H,23,28)(H,24,27,29). The van der Waals surface area contributed by atoms with E-state index in [-0.39, 0.29) is 24.1 Å². The highest BCUT2D eigenvalue weighted by Crippen LogP contribution is 2.29. The number of pyridine rings is 1. The molecular weight excluding hydrogens is 386 g/mol. The van der Waals surface area contributed by atoms with Crippen molar-refractivity contribution in [2.24, 2.45) is 0 Å². The molecule has 1 fully saturated rings. The van der Waals surface area contributed by atoms with Gasteiger partial charge in [0.25, 0.3) is 11.8 Å². The number of nitrogens with one attached hydrogen (secondary N) is 2. The maximum Gasteiger partial charge on any atom is 0.257 e. The van der Waals surface area contributed by atoms with Gasteiger partial charge in [0, 0.05) is 42.8 Å². The van der Waals surface area contributed by atoms with E-state index in [2.05, 4.69) is 15.6 Å². The summed E-state index contributed by atoms with van der Waals surface area (Å²) in [5, 5.41) is 5.09. The molecule has 2 N–H and O–H groups in total. The van der Waals surface area contributed by atoms with E-state index in [4.69, 9.17) is 0 Å². The fourth-order valence-corrected chi connectivity index (χ4v) is 3.89. The summed E-state index contributed by atoms with van der Waals surface area (Å²) in [6, 6.07) is 7.89. The van der Waals surface area contributed by atoms with Crippen molar-refractivity contribution in [3.8, 4) is 0 Å². The highest BCUT2D eigenvalue weighted by Gasteiger charge is 2.39. The Morgan fingerprint density at radius 1 is 1.17 bits per heavy atom. The number of anilines is 1. The maximum atomic E-state index is 12.9. The van der Waals surface area contributed by atoms with Gasteiger partial charge in [-0.25, -0.2) is 4.98 Å². The van der Waals surface area contributed by atoms with E-state index < -0.39 is 11.9 Å². The molecule has 2 aliphatic rings. The first-order valence-electron chi connectivity index (χ1n) is 9.51. The van der Waals surface area contributed by atoms with Crippen LogP contribution in [-0.4, -0.2) is 44.0 Å². The molecule has 0 aliphatic carbocycles. The van der Waals surface area contributed by atoms with Crippen molar-refractivity contribution in [3.63, 3.8) is 0 Å². The number of hydrogen-bond acceptors (Lipinski definition) is 5. The average molecular weight is 403 g/mol. The van der Waals surface area contributed by atoms with Crippen molar-refractivity contribution >= 4 is 35.0 Å². The molecular formula is C21H17N5O4. The molecule has 150 valence electrons. The number of imide groups is 1. The minimum atomic E-state index is -0.664. The van der Waals surface area contributed by atoms with Gasteiger partial charge in [0.15, 0.2) is 0 Å². The van der Waals surface area contributed by atoms with Crippen LogP contribution >= 0.6 is 0 Å². The number of imidazole rings is 1. The lowest BCUT2D eigenvalue weighted by Crippen LogP contribution is -2.52. The van der Waals surface area contributed by atoms with E-state index in [0.717, 1.165) is 11.2 Å². The predicted molar refractivity (Wildman–Crippen MR) is 106 cm³/mol. The fourth-order valence-electron chi connectivity index (χ4n) is 3.89. The molecule has 5 rings (SSSR count). The van der Waals surface area contributed by atoms with Crippen LogP contribution in [0.2, 0.25) is 0 Å². The topological polar surface area (TPSA) is 113 Å². The summed E-state index contributed by atoms with van der Waals surface area (Å²) < 4.78 is 1.75. The Morgan fingerprint density at radius 2 is 2.03 bits per heavy atom. The Kier molecular flexibility index (Phi) is 4.09. The van der Waals surface area contributed by atoms with Gasteiger partial charge in [-0.2, -0.15) is 0 Å². The smallest absolute Gasteiger partial charge is 0.257 e. The first-order chi connectivity index (χ1) is 14.5. The van der Waals surface area contributed by atoms with E-state index in [1.54, 1.807) is 53.3 Å². The number of carbonyl (C=O) groups excluding carboxylic acids is 4. The molecule has 1 atom stereocenters. The number of hydrogen-bond donors (Lipinski definition) is 2. The number of amides is 4. The lowest BCUT2D eigenvalue weighted by Gasteiger charge is -2.29. The molecule has 0 spiro atoms. The summed E-state index contributed by atoms with van der Waals surface area (Å²) in [6.45, 7) is 0.298. The summed E-state index contributed by atoms with van der Waals surface area (Å²) >= 11 is 0. The van der Waals surface area contributed by atoms with E-state index >= 15 is 0 Å². The normalized spacial score (nSPS) is 18.5. The number of piperidine rings is 1. The van der Waals surface area contributed by atoms with Crippen LogP contribution < -0.4 is 10.6 Å². The number of carbonyl (C=O) groups is 4. The Hall–Kier alpha value is -4.01. The molecule has 0 saturated carbocycles. The SMILES string of the molecule is O=C1CCC(N2Cc3ccc(NC(=O)c4ccc5nccn5c4)cc3C2=O)C(=O)N1. The molecule has 0 radical (unpaired) electrons. The second-order valence-electron chi connectivity index (χ2n) is 7.34. The monoisotopic (exact) mass is 403 g/mol. The van der Waals surface area contributed by atoms with Gasteiger partial charge in [0.2, 0.25) is 11.8 Å². The quantitative estimate of drug-likeness (QED) is 0.641. The van der Waals surface area contributed by atoms with Crippen LogP contribution in [0, 0.1) is 0 Å². The molecule has 9 nitrogen and oxygen atoms in total. The summed E-state index contributed by atoms with van der Waals surface area (Å²) in [7, 11) is 0. The van der Waals surface area contributed by atoms with Crippen molar-refractivity contribution in [1.29, 1.82) is 0 Å². The third kappa shape index (κ3) is 3.00. The molecule has 4 heterocycles. The van der Waals surface area contributed by atoms with Crippen LogP contribution in [0.4, 0.5) is 5.69 Å². The highest BCUT2D eigenvalue weighted by atomic mass is 16.2. The third-order valence-electron chi connectivity index (χ3n) is 5.44. The molecule has 4 amide bonds. The summed E-state index contributed by atoms with van der Waals surface area (Å²) in [4.78, 5) is 54.6. The number of fused-ring (bicyclic) bond motifs is 2. The minimum Gasteiger partial charge on any atom is -0.322 e. The molecule has 0 bridgehead atoms.